The molecule has 2 aromatic heterocycles. The summed E-state index contributed by atoms with van der Waals surface area (Å²) in [5.74, 6) is -0.959. The number of hydrogen-bond donors (Lipinski definition) is 2. The van der Waals surface area contributed by atoms with Gasteiger partial charge in [-0.25, -0.2) is 8.42 Å². The second-order valence-electron chi connectivity index (χ2n) is 9.66. The molecular formula is C27H24F3N5O4S2. The average molecular weight is 604 g/mol. The lowest BCUT2D eigenvalue weighted by molar-refractivity contribution is -0.142. The van der Waals surface area contributed by atoms with Crippen LogP contribution in [0.2, 0.25) is 0 Å². The molecule has 0 saturated heterocycles. The number of carboxylic acids is 1. The van der Waals surface area contributed by atoms with Crippen molar-refractivity contribution in [3.05, 3.63) is 87.3 Å². The topological polar surface area (TPSA) is 127 Å². The van der Waals surface area contributed by atoms with Gasteiger partial charge in [0.2, 0.25) is 0 Å². The van der Waals surface area contributed by atoms with Crippen molar-refractivity contribution in [3.63, 3.8) is 0 Å². The Morgan fingerprint density at radius 2 is 1.68 bits per heavy atom. The van der Waals surface area contributed by atoms with E-state index in [2.05, 4.69) is 14.9 Å². The SMILES string of the molecule is Cc1sc2c(c1C)C(c1ccc(NS(=O)(=O)c3ccc(C(F)(F)F)cc3)cc1)=N[C@@H](C(C)C(=O)O)c1nnc(C)n1-2. The maximum atomic E-state index is 12.9. The number of alkyl halides is 3. The standard InChI is InChI=1S/C27H24F3N5O4S2/c1-13-15(3)40-25-21(13)23(31-22(14(2)26(36)37)24-33-32-16(4)35(24)25)17-5-9-19(10-6-17)34-41(38,39)20-11-7-18(8-12-20)27(28,29)30/h5-12,14,22,34H,1-4H3,(H,36,37)/t14?,22-/m0/s1. The first kappa shape index (κ1) is 28.5. The van der Waals surface area contributed by atoms with E-state index in [4.69, 9.17) is 4.99 Å². The van der Waals surface area contributed by atoms with E-state index < -0.39 is 39.7 Å². The molecule has 0 spiro atoms. The molecule has 3 heterocycles. The van der Waals surface area contributed by atoms with E-state index in [1.54, 1.807) is 26.0 Å². The lowest BCUT2D eigenvalue weighted by Crippen LogP contribution is -2.21. The Labute approximate surface area is 237 Å². The number of anilines is 1. The summed E-state index contributed by atoms with van der Waals surface area (Å²) in [6, 6.07) is 8.70. The summed E-state index contributed by atoms with van der Waals surface area (Å²) in [6.45, 7) is 7.27. The first-order chi connectivity index (χ1) is 19.2. The number of carbonyl (C=O) groups is 1. The van der Waals surface area contributed by atoms with E-state index in [9.17, 15) is 31.5 Å². The molecule has 2 atom stereocenters. The molecule has 0 radical (unpaired) electrons. The number of hydrogen-bond acceptors (Lipinski definition) is 7. The van der Waals surface area contributed by atoms with Gasteiger partial charge in [-0.05, 0) is 69.7 Å². The van der Waals surface area contributed by atoms with Crippen LogP contribution in [0.4, 0.5) is 18.9 Å². The van der Waals surface area contributed by atoms with E-state index in [1.165, 1.54) is 23.5 Å². The molecule has 0 aliphatic carbocycles. The molecule has 1 unspecified atom stereocenters. The third-order valence-electron chi connectivity index (χ3n) is 6.95. The Bertz CT molecular complexity index is 1790. The number of halogens is 3. The quantitative estimate of drug-likeness (QED) is 0.292. The summed E-state index contributed by atoms with van der Waals surface area (Å²) in [5.41, 5.74) is 2.13. The number of carboxylic acid groups (broad SMARTS) is 1. The normalized spacial score (nSPS) is 15.9. The average Bonchev–Trinajstić information content (AvgIpc) is 3.38. The fraction of sp³-hybridized carbons (Fsp3) is 0.259. The van der Waals surface area contributed by atoms with Gasteiger partial charge < -0.3 is 5.11 Å². The minimum atomic E-state index is -4.58. The van der Waals surface area contributed by atoms with E-state index in [1.807, 2.05) is 18.4 Å². The van der Waals surface area contributed by atoms with Crippen LogP contribution in [0.15, 0.2) is 58.4 Å². The zero-order chi connectivity index (χ0) is 29.9. The van der Waals surface area contributed by atoms with Crippen LogP contribution in [0.25, 0.3) is 5.00 Å². The van der Waals surface area contributed by atoms with Crippen LogP contribution in [0, 0.1) is 26.7 Å². The molecular weight excluding hydrogens is 579 g/mol. The van der Waals surface area contributed by atoms with Crippen LogP contribution < -0.4 is 4.72 Å². The molecule has 5 rings (SSSR count). The Morgan fingerprint density at radius 3 is 2.27 bits per heavy atom. The molecule has 41 heavy (non-hydrogen) atoms. The van der Waals surface area contributed by atoms with Crippen molar-refractivity contribution >= 4 is 38.7 Å². The van der Waals surface area contributed by atoms with Gasteiger partial charge >= 0.3 is 12.1 Å². The summed E-state index contributed by atoms with van der Waals surface area (Å²) < 4.78 is 68.5. The number of fused-ring (bicyclic) bond motifs is 3. The largest absolute Gasteiger partial charge is 0.481 e. The molecule has 0 amide bonds. The number of nitrogens with one attached hydrogen (secondary N) is 1. The predicted octanol–water partition coefficient (Wildman–Crippen LogP) is 5.69. The molecule has 14 heteroatoms. The lowest BCUT2D eigenvalue weighted by atomic mass is 9.98. The number of thiophene rings is 1. The van der Waals surface area contributed by atoms with Crippen molar-refractivity contribution in [3.8, 4) is 5.00 Å². The summed E-state index contributed by atoms with van der Waals surface area (Å²) in [7, 11) is -4.16. The van der Waals surface area contributed by atoms with Gasteiger partial charge in [0, 0.05) is 21.7 Å². The number of sulfonamides is 1. The van der Waals surface area contributed by atoms with Crippen LogP contribution >= 0.6 is 11.3 Å². The van der Waals surface area contributed by atoms with Crippen molar-refractivity contribution in [1.82, 2.24) is 14.8 Å². The highest BCUT2D eigenvalue weighted by molar-refractivity contribution is 7.92. The van der Waals surface area contributed by atoms with Crippen molar-refractivity contribution < 1.29 is 31.5 Å². The number of nitrogens with zero attached hydrogens (tertiary/aromatic N) is 4. The Hall–Kier alpha value is -4.04. The van der Waals surface area contributed by atoms with Crippen LogP contribution in [0.1, 0.15) is 51.7 Å². The smallest absolute Gasteiger partial charge is 0.416 e. The number of aliphatic imine (C=N–C) groups is 1. The molecule has 0 fully saturated rings. The summed E-state index contributed by atoms with van der Waals surface area (Å²) in [4.78, 5) is 17.6. The molecule has 1 aliphatic rings. The van der Waals surface area contributed by atoms with Gasteiger partial charge in [0.05, 0.1) is 22.1 Å². The highest BCUT2D eigenvalue weighted by Gasteiger charge is 2.36. The zero-order valence-corrected chi connectivity index (χ0v) is 23.8. The Kier molecular flexibility index (Phi) is 7.02. The summed E-state index contributed by atoms with van der Waals surface area (Å²) >= 11 is 1.52. The second kappa shape index (κ2) is 10.1. The second-order valence-corrected chi connectivity index (χ2v) is 12.5. The van der Waals surface area contributed by atoms with Gasteiger partial charge in [0.25, 0.3) is 10.0 Å². The molecule has 0 saturated carbocycles. The van der Waals surface area contributed by atoms with Gasteiger partial charge in [-0.15, -0.1) is 21.5 Å². The van der Waals surface area contributed by atoms with Crippen molar-refractivity contribution in [1.29, 1.82) is 0 Å². The molecule has 9 nitrogen and oxygen atoms in total. The van der Waals surface area contributed by atoms with Crippen LogP contribution in [0.5, 0.6) is 0 Å². The highest BCUT2D eigenvalue weighted by Crippen LogP contribution is 2.40. The molecule has 2 N–H and O–H groups in total. The number of aryl methyl sites for hydroxylation is 2. The zero-order valence-electron chi connectivity index (χ0n) is 22.2. The minimum Gasteiger partial charge on any atom is -0.481 e. The molecule has 1 aliphatic heterocycles. The fourth-order valence-corrected chi connectivity index (χ4v) is 6.82. The predicted molar refractivity (Wildman–Crippen MR) is 147 cm³/mol. The molecule has 0 bridgehead atoms. The molecule has 4 aromatic rings. The Balaban J connectivity index is 1.54. The monoisotopic (exact) mass is 603 g/mol. The number of benzene rings is 2. The van der Waals surface area contributed by atoms with Crippen LogP contribution in [0.3, 0.4) is 0 Å². The first-order valence-corrected chi connectivity index (χ1v) is 14.6. The maximum absolute atomic E-state index is 12.9. The summed E-state index contributed by atoms with van der Waals surface area (Å²) in [5, 5.41) is 19.1. The third kappa shape index (κ3) is 5.12. The summed E-state index contributed by atoms with van der Waals surface area (Å²) in [6.07, 6.45) is -4.58. The minimum absolute atomic E-state index is 0.185. The van der Waals surface area contributed by atoms with Crippen molar-refractivity contribution in [2.75, 3.05) is 4.72 Å². The van der Waals surface area contributed by atoms with Gasteiger partial charge in [0.1, 0.15) is 16.9 Å². The molecule has 214 valence electrons. The van der Waals surface area contributed by atoms with Crippen molar-refractivity contribution in [2.45, 2.75) is 44.8 Å². The highest BCUT2D eigenvalue weighted by atomic mass is 32.2. The van der Waals surface area contributed by atoms with Gasteiger partial charge in [-0.2, -0.15) is 13.2 Å². The number of rotatable bonds is 6. The van der Waals surface area contributed by atoms with E-state index >= 15 is 0 Å². The van der Waals surface area contributed by atoms with Gasteiger partial charge in [0.15, 0.2) is 5.82 Å². The Morgan fingerprint density at radius 1 is 1.05 bits per heavy atom. The fourth-order valence-electron chi connectivity index (χ4n) is 4.55. The van der Waals surface area contributed by atoms with E-state index in [0.717, 1.165) is 33.1 Å². The van der Waals surface area contributed by atoms with Crippen LogP contribution in [-0.4, -0.2) is 40.0 Å². The van der Waals surface area contributed by atoms with Crippen LogP contribution in [-0.2, 0) is 21.0 Å². The molecule has 2 aromatic carbocycles. The van der Waals surface area contributed by atoms with Gasteiger partial charge in [-0.1, -0.05) is 12.1 Å². The van der Waals surface area contributed by atoms with Gasteiger partial charge in [-0.3, -0.25) is 19.1 Å². The van der Waals surface area contributed by atoms with E-state index in [0.29, 0.717) is 35.1 Å². The lowest BCUT2D eigenvalue weighted by Gasteiger charge is -2.16. The number of aromatic nitrogens is 3. The first-order valence-electron chi connectivity index (χ1n) is 12.3. The third-order valence-corrected chi connectivity index (χ3v) is 9.54. The van der Waals surface area contributed by atoms with E-state index in [-0.39, 0.29) is 10.6 Å². The maximum Gasteiger partial charge on any atom is 0.416 e. The van der Waals surface area contributed by atoms with Crippen molar-refractivity contribution in [2.24, 2.45) is 10.9 Å². The number of aliphatic carboxylic acids is 1.